The Kier molecular flexibility index (Phi) is 5.23. The van der Waals surface area contributed by atoms with Crippen LogP contribution in [0.3, 0.4) is 0 Å². The van der Waals surface area contributed by atoms with E-state index in [1.807, 2.05) is 19.1 Å². The van der Waals surface area contributed by atoms with Crippen molar-refractivity contribution in [1.82, 2.24) is 5.32 Å². The van der Waals surface area contributed by atoms with Gasteiger partial charge in [-0.25, -0.2) is 0 Å². The van der Waals surface area contributed by atoms with E-state index in [1.54, 1.807) is 19.2 Å². The van der Waals surface area contributed by atoms with Gasteiger partial charge in [0.1, 0.15) is 12.4 Å². The van der Waals surface area contributed by atoms with Crippen molar-refractivity contribution in [2.75, 3.05) is 25.5 Å². The van der Waals surface area contributed by atoms with Gasteiger partial charge in [0.15, 0.2) is 0 Å². The van der Waals surface area contributed by atoms with Crippen molar-refractivity contribution in [3.05, 3.63) is 36.4 Å². The summed E-state index contributed by atoms with van der Waals surface area (Å²) in [6.07, 6.45) is 0. The van der Waals surface area contributed by atoms with Crippen LogP contribution in [0.15, 0.2) is 36.4 Å². The van der Waals surface area contributed by atoms with Crippen molar-refractivity contribution in [2.24, 2.45) is 0 Å². The van der Waals surface area contributed by atoms with E-state index in [4.69, 9.17) is 4.74 Å². The van der Waals surface area contributed by atoms with Crippen LogP contribution >= 0.6 is 0 Å². The molecule has 1 rings (SSSR count). The van der Waals surface area contributed by atoms with Gasteiger partial charge in [-0.2, -0.15) is 0 Å². The minimum atomic E-state index is -0.0666. The molecule has 0 aliphatic heterocycles. The minimum Gasteiger partial charge on any atom is -0.489 e. The van der Waals surface area contributed by atoms with Crippen LogP contribution in [0, 0.1) is 0 Å². The van der Waals surface area contributed by atoms with Crippen molar-refractivity contribution in [1.29, 1.82) is 0 Å². The predicted octanol–water partition coefficient (Wildman–Crippen LogP) is 1.80. The first-order valence-corrected chi connectivity index (χ1v) is 5.43. The molecule has 0 radical (unpaired) electrons. The molecule has 0 unspecified atom stereocenters. The highest BCUT2D eigenvalue weighted by Crippen LogP contribution is 2.15. The molecule has 0 aliphatic rings. The zero-order valence-electron chi connectivity index (χ0n) is 10.2. The van der Waals surface area contributed by atoms with Crippen molar-refractivity contribution >= 4 is 11.6 Å². The number of nitrogens with one attached hydrogen (secondary N) is 2. The molecule has 0 saturated carbocycles. The maximum Gasteiger partial charge on any atom is 0.238 e. The van der Waals surface area contributed by atoms with Crippen LogP contribution < -0.4 is 15.4 Å². The van der Waals surface area contributed by atoms with E-state index in [1.165, 1.54) is 0 Å². The summed E-state index contributed by atoms with van der Waals surface area (Å²) in [6.45, 7) is 6.47. The number of ether oxygens (including phenoxy) is 1. The quantitative estimate of drug-likeness (QED) is 0.738. The Balaban J connectivity index is 2.49. The van der Waals surface area contributed by atoms with Gasteiger partial charge < -0.3 is 15.4 Å². The molecule has 0 spiro atoms. The summed E-state index contributed by atoms with van der Waals surface area (Å²) in [6, 6.07) is 7.25. The Morgan fingerprint density at radius 1 is 1.35 bits per heavy atom. The number of hydrogen-bond acceptors (Lipinski definition) is 3. The summed E-state index contributed by atoms with van der Waals surface area (Å²) in [5, 5.41) is 5.55. The number of likely N-dealkylation sites (N-methyl/N-ethyl adjacent to an activating group) is 1. The van der Waals surface area contributed by atoms with E-state index >= 15 is 0 Å². The van der Waals surface area contributed by atoms with E-state index < -0.39 is 0 Å². The summed E-state index contributed by atoms with van der Waals surface area (Å²) < 4.78 is 5.45. The molecule has 0 aliphatic carbocycles. The van der Waals surface area contributed by atoms with E-state index in [0.717, 1.165) is 17.0 Å². The molecule has 92 valence electrons. The molecular formula is C13H18N2O2. The fourth-order valence-electron chi connectivity index (χ4n) is 1.21. The number of anilines is 1. The third-order valence-corrected chi connectivity index (χ3v) is 1.96. The summed E-state index contributed by atoms with van der Waals surface area (Å²) in [5.74, 6) is 0.697. The monoisotopic (exact) mass is 234 g/mol. The van der Waals surface area contributed by atoms with Gasteiger partial charge in [-0.05, 0) is 43.8 Å². The molecule has 1 amide bonds. The number of hydrogen-bond donors (Lipinski definition) is 2. The molecule has 1 aromatic carbocycles. The molecule has 0 heterocycles. The van der Waals surface area contributed by atoms with Crippen LogP contribution in [0.25, 0.3) is 0 Å². The van der Waals surface area contributed by atoms with Crippen molar-refractivity contribution in [2.45, 2.75) is 6.92 Å². The highest BCUT2D eigenvalue weighted by atomic mass is 16.5. The van der Waals surface area contributed by atoms with E-state index in [-0.39, 0.29) is 5.91 Å². The Bertz CT molecular complexity index is 385. The van der Waals surface area contributed by atoms with Crippen LogP contribution in [0.2, 0.25) is 0 Å². The van der Waals surface area contributed by atoms with Crippen LogP contribution in [-0.4, -0.2) is 26.1 Å². The van der Waals surface area contributed by atoms with Gasteiger partial charge >= 0.3 is 0 Å². The fraction of sp³-hybridized carbons (Fsp3) is 0.308. The van der Waals surface area contributed by atoms with Crippen LogP contribution in [-0.2, 0) is 4.79 Å². The van der Waals surface area contributed by atoms with Crippen LogP contribution in [0.5, 0.6) is 5.75 Å². The van der Waals surface area contributed by atoms with E-state index in [0.29, 0.717) is 13.2 Å². The first kappa shape index (κ1) is 13.3. The maximum atomic E-state index is 11.3. The molecular weight excluding hydrogens is 216 g/mol. The van der Waals surface area contributed by atoms with Gasteiger partial charge in [0.2, 0.25) is 5.91 Å². The standard InChI is InChI=1S/C13H18N2O2/c1-10(2)9-17-12-6-4-11(5-7-12)15-13(16)8-14-3/h4-7,14H,1,8-9H2,2-3H3,(H,15,16). The molecule has 17 heavy (non-hydrogen) atoms. The Morgan fingerprint density at radius 3 is 2.53 bits per heavy atom. The summed E-state index contributed by atoms with van der Waals surface area (Å²) in [4.78, 5) is 11.3. The van der Waals surface area contributed by atoms with Crippen LogP contribution in [0.4, 0.5) is 5.69 Å². The normalized spacial score (nSPS) is 9.76. The molecule has 4 heteroatoms. The molecule has 2 N–H and O–H groups in total. The van der Waals surface area contributed by atoms with Crippen molar-refractivity contribution < 1.29 is 9.53 Å². The lowest BCUT2D eigenvalue weighted by atomic mass is 10.3. The molecule has 0 fully saturated rings. The number of rotatable bonds is 6. The lowest BCUT2D eigenvalue weighted by Gasteiger charge is -2.08. The zero-order chi connectivity index (χ0) is 12.7. The summed E-state index contributed by atoms with van der Waals surface area (Å²) >= 11 is 0. The Morgan fingerprint density at radius 2 is 2.00 bits per heavy atom. The van der Waals surface area contributed by atoms with Gasteiger partial charge in [0, 0.05) is 5.69 Å². The SMILES string of the molecule is C=C(C)COc1ccc(NC(=O)CNC)cc1. The number of carbonyl (C=O) groups excluding carboxylic acids is 1. The minimum absolute atomic E-state index is 0.0666. The lowest BCUT2D eigenvalue weighted by Crippen LogP contribution is -2.24. The van der Waals surface area contributed by atoms with E-state index in [2.05, 4.69) is 17.2 Å². The highest BCUT2D eigenvalue weighted by Gasteiger charge is 2.00. The Hall–Kier alpha value is -1.81. The average Bonchev–Trinajstić information content (AvgIpc) is 2.28. The van der Waals surface area contributed by atoms with Gasteiger partial charge in [-0.15, -0.1) is 0 Å². The lowest BCUT2D eigenvalue weighted by molar-refractivity contribution is -0.115. The second-order valence-corrected chi connectivity index (χ2v) is 3.85. The first-order chi connectivity index (χ1) is 8.11. The van der Waals surface area contributed by atoms with Gasteiger partial charge in [0.25, 0.3) is 0 Å². The topological polar surface area (TPSA) is 50.4 Å². The maximum absolute atomic E-state index is 11.3. The summed E-state index contributed by atoms with van der Waals surface area (Å²) in [7, 11) is 1.73. The second kappa shape index (κ2) is 6.70. The molecule has 0 bridgehead atoms. The van der Waals surface area contributed by atoms with Crippen molar-refractivity contribution in [3.63, 3.8) is 0 Å². The van der Waals surface area contributed by atoms with Crippen molar-refractivity contribution in [3.8, 4) is 5.75 Å². The molecule has 0 saturated heterocycles. The largest absolute Gasteiger partial charge is 0.489 e. The average molecular weight is 234 g/mol. The van der Waals surface area contributed by atoms with Gasteiger partial charge in [-0.1, -0.05) is 6.58 Å². The van der Waals surface area contributed by atoms with Gasteiger partial charge in [0.05, 0.1) is 6.54 Å². The Labute approximate surface area is 102 Å². The van der Waals surface area contributed by atoms with Gasteiger partial charge in [-0.3, -0.25) is 4.79 Å². The summed E-state index contributed by atoms with van der Waals surface area (Å²) in [5.41, 5.74) is 1.73. The molecule has 4 nitrogen and oxygen atoms in total. The van der Waals surface area contributed by atoms with E-state index in [9.17, 15) is 4.79 Å². The second-order valence-electron chi connectivity index (χ2n) is 3.85. The number of carbonyl (C=O) groups is 1. The predicted molar refractivity (Wildman–Crippen MR) is 69.3 cm³/mol. The first-order valence-electron chi connectivity index (χ1n) is 5.43. The molecule has 1 aromatic rings. The third-order valence-electron chi connectivity index (χ3n) is 1.96. The third kappa shape index (κ3) is 5.17. The zero-order valence-corrected chi connectivity index (χ0v) is 10.2. The molecule has 0 aromatic heterocycles. The number of benzene rings is 1. The molecule has 0 atom stereocenters. The smallest absolute Gasteiger partial charge is 0.238 e. The van der Waals surface area contributed by atoms with Crippen LogP contribution in [0.1, 0.15) is 6.92 Å². The fourth-order valence-corrected chi connectivity index (χ4v) is 1.21. The number of amides is 1. The highest BCUT2D eigenvalue weighted by molar-refractivity contribution is 5.92.